The molecule has 1 saturated heterocycles. The molecule has 1 amide bonds. The molecule has 114 valence electrons. The highest BCUT2D eigenvalue weighted by atomic mass is 19.1. The topological polar surface area (TPSA) is 66.8 Å². The van der Waals surface area contributed by atoms with Gasteiger partial charge in [-0.05, 0) is 25.0 Å². The summed E-state index contributed by atoms with van der Waals surface area (Å²) in [6.07, 6.45) is 0.729. The third kappa shape index (κ3) is 3.58. The number of amides is 1. The van der Waals surface area contributed by atoms with E-state index in [1.807, 2.05) is 0 Å². The van der Waals surface area contributed by atoms with E-state index in [2.05, 4.69) is 0 Å². The van der Waals surface area contributed by atoms with E-state index in [4.69, 9.17) is 9.84 Å². The molecule has 0 radical (unpaired) electrons. The fraction of sp³-hybridized carbons (Fsp3) is 0.467. The normalized spacial score (nSPS) is 19.2. The van der Waals surface area contributed by atoms with E-state index in [1.54, 1.807) is 6.07 Å². The van der Waals surface area contributed by atoms with Crippen molar-refractivity contribution in [2.45, 2.75) is 25.9 Å². The fourth-order valence-corrected chi connectivity index (χ4v) is 2.28. The van der Waals surface area contributed by atoms with Crippen molar-refractivity contribution in [3.05, 3.63) is 30.1 Å². The lowest BCUT2D eigenvalue weighted by molar-refractivity contribution is -0.140. The van der Waals surface area contributed by atoms with Crippen LogP contribution < -0.4 is 4.90 Å². The van der Waals surface area contributed by atoms with Gasteiger partial charge in [0.15, 0.2) is 0 Å². The molecular formula is C15H18FNO4. The lowest BCUT2D eigenvalue weighted by atomic mass is 10.1. The third-order valence-electron chi connectivity index (χ3n) is 3.49. The average Bonchev–Trinajstić information content (AvgIpc) is 2.98. The molecule has 1 aromatic carbocycles. The number of para-hydroxylation sites is 1. The number of hydrogen-bond acceptors (Lipinski definition) is 3. The summed E-state index contributed by atoms with van der Waals surface area (Å²) in [4.78, 5) is 24.7. The molecule has 0 saturated carbocycles. The van der Waals surface area contributed by atoms with Crippen LogP contribution in [0.25, 0.3) is 0 Å². The average molecular weight is 295 g/mol. The zero-order valence-corrected chi connectivity index (χ0v) is 11.8. The highest BCUT2D eigenvalue weighted by Crippen LogP contribution is 2.24. The van der Waals surface area contributed by atoms with Crippen LogP contribution in [0.2, 0.25) is 0 Å². The van der Waals surface area contributed by atoms with Gasteiger partial charge < -0.3 is 14.7 Å². The minimum Gasteiger partial charge on any atom is -0.481 e. The number of rotatable bonds is 5. The van der Waals surface area contributed by atoms with E-state index in [0.29, 0.717) is 13.0 Å². The van der Waals surface area contributed by atoms with Crippen molar-refractivity contribution in [3.63, 3.8) is 0 Å². The van der Waals surface area contributed by atoms with Crippen LogP contribution in [0.4, 0.5) is 10.1 Å². The molecule has 0 spiro atoms. The van der Waals surface area contributed by atoms with Crippen LogP contribution in [-0.2, 0) is 14.3 Å². The van der Waals surface area contributed by atoms with Crippen LogP contribution in [0.5, 0.6) is 0 Å². The highest BCUT2D eigenvalue weighted by molar-refractivity contribution is 5.97. The maximum atomic E-state index is 14.0. The summed E-state index contributed by atoms with van der Waals surface area (Å²) in [5.74, 6) is -2.77. The second kappa shape index (κ2) is 6.67. The third-order valence-corrected chi connectivity index (χ3v) is 3.49. The molecule has 1 aliphatic rings. The molecule has 1 fully saturated rings. The summed E-state index contributed by atoms with van der Waals surface area (Å²) in [5.41, 5.74) is 0.0890. The van der Waals surface area contributed by atoms with Gasteiger partial charge in [0.25, 0.3) is 5.91 Å². The van der Waals surface area contributed by atoms with Gasteiger partial charge in [-0.3, -0.25) is 9.59 Å². The van der Waals surface area contributed by atoms with Gasteiger partial charge in [0.05, 0.1) is 11.6 Å². The first-order valence-electron chi connectivity index (χ1n) is 6.91. The van der Waals surface area contributed by atoms with Gasteiger partial charge in [0, 0.05) is 13.2 Å². The Morgan fingerprint density at radius 1 is 1.48 bits per heavy atom. The first kappa shape index (κ1) is 15.4. The molecule has 2 unspecified atom stereocenters. The zero-order chi connectivity index (χ0) is 15.4. The smallest absolute Gasteiger partial charge is 0.308 e. The number of hydrogen-bond donors (Lipinski definition) is 1. The number of nitrogens with zero attached hydrogens (tertiary/aromatic N) is 1. The van der Waals surface area contributed by atoms with E-state index in [-0.39, 0.29) is 18.1 Å². The second-order valence-electron chi connectivity index (χ2n) is 5.14. The van der Waals surface area contributed by atoms with Crippen molar-refractivity contribution in [1.82, 2.24) is 0 Å². The molecule has 1 aliphatic heterocycles. The van der Waals surface area contributed by atoms with Crippen LogP contribution in [0.1, 0.15) is 19.8 Å². The number of ether oxygens (including phenoxy) is 1. The SMILES string of the molecule is CC(CN(C(=O)C1CCCO1)c1ccccc1F)C(=O)O. The Balaban J connectivity index is 2.27. The van der Waals surface area contributed by atoms with Crippen LogP contribution in [0.3, 0.4) is 0 Å². The molecular weight excluding hydrogens is 277 g/mol. The largest absolute Gasteiger partial charge is 0.481 e. The van der Waals surface area contributed by atoms with Gasteiger partial charge in [-0.1, -0.05) is 19.1 Å². The van der Waals surface area contributed by atoms with E-state index in [0.717, 1.165) is 6.42 Å². The van der Waals surface area contributed by atoms with Crippen LogP contribution in [0.15, 0.2) is 24.3 Å². The Labute approximate surface area is 122 Å². The van der Waals surface area contributed by atoms with E-state index in [9.17, 15) is 14.0 Å². The second-order valence-corrected chi connectivity index (χ2v) is 5.14. The fourth-order valence-electron chi connectivity index (χ4n) is 2.28. The molecule has 0 aromatic heterocycles. The van der Waals surface area contributed by atoms with Crippen molar-refractivity contribution >= 4 is 17.6 Å². The van der Waals surface area contributed by atoms with Gasteiger partial charge in [-0.25, -0.2) is 4.39 Å². The predicted molar refractivity (Wildman–Crippen MR) is 74.5 cm³/mol. The quantitative estimate of drug-likeness (QED) is 0.903. The highest BCUT2D eigenvalue weighted by Gasteiger charge is 2.32. The van der Waals surface area contributed by atoms with Crippen molar-refractivity contribution in [2.75, 3.05) is 18.1 Å². The molecule has 1 N–H and O–H groups in total. The van der Waals surface area contributed by atoms with E-state index >= 15 is 0 Å². The van der Waals surface area contributed by atoms with Crippen molar-refractivity contribution < 1.29 is 23.8 Å². The summed E-state index contributed by atoms with van der Waals surface area (Å²) in [6, 6.07) is 5.85. The summed E-state index contributed by atoms with van der Waals surface area (Å²) in [5, 5.41) is 9.03. The summed E-state index contributed by atoms with van der Waals surface area (Å²) >= 11 is 0. The first-order valence-corrected chi connectivity index (χ1v) is 6.91. The molecule has 21 heavy (non-hydrogen) atoms. The molecule has 0 bridgehead atoms. The van der Waals surface area contributed by atoms with E-state index in [1.165, 1.54) is 30.0 Å². The van der Waals surface area contributed by atoms with Crippen molar-refractivity contribution in [2.24, 2.45) is 5.92 Å². The van der Waals surface area contributed by atoms with Crippen LogP contribution in [0, 0.1) is 11.7 Å². The molecule has 2 rings (SSSR count). The van der Waals surface area contributed by atoms with E-state index < -0.39 is 23.8 Å². The number of carboxylic acid groups (broad SMARTS) is 1. The maximum absolute atomic E-state index is 14.0. The monoisotopic (exact) mass is 295 g/mol. The predicted octanol–water partition coefficient (Wildman–Crippen LogP) is 2.06. The van der Waals surface area contributed by atoms with Crippen LogP contribution in [-0.4, -0.2) is 36.2 Å². The molecule has 1 heterocycles. The number of carbonyl (C=O) groups is 2. The van der Waals surface area contributed by atoms with Gasteiger partial charge in [0.1, 0.15) is 11.9 Å². The molecule has 5 nitrogen and oxygen atoms in total. The molecule has 6 heteroatoms. The number of anilines is 1. The Morgan fingerprint density at radius 2 is 2.19 bits per heavy atom. The molecule has 0 aliphatic carbocycles. The summed E-state index contributed by atoms with van der Waals surface area (Å²) in [6.45, 7) is 1.89. The maximum Gasteiger partial charge on any atom is 0.308 e. The number of halogens is 1. The van der Waals surface area contributed by atoms with Gasteiger partial charge in [-0.2, -0.15) is 0 Å². The number of carbonyl (C=O) groups excluding carboxylic acids is 1. The lowest BCUT2D eigenvalue weighted by Gasteiger charge is -2.27. The number of benzene rings is 1. The minimum atomic E-state index is -1.03. The van der Waals surface area contributed by atoms with Crippen molar-refractivity contribution in [3.8, 4) is 0 Å². The number of carboxylic acids is 1. The molecule has 2 atom stereocenters. The minimum absolute atomic E-state index is 0.0883. The number of aliphatic carboxylic acids is 1. The van der Waals surface area contributed by atoms with Crippen LogP contribution >= 0.6 is 0 Å². The van der Waals surface area contributed by atoms with Gasteiger partial charge >= 0.3 is 5.97 Å². The lowest BCUT2D eigenvalue weighted by Crippen LogP contribution is -2.43. The Morgan fingerprint density at radius 3 is 2.76 bits per heavy atom. The Bertz CT molecular complexity index is 528. The standard InChI is InChI=1S/C15H18FNO4/c1-10(15(19)20)9-17(12-6-3-2-5-11(12)16)14(18)13-7-4-8-21-13/h2-3,5-6,10,13H,4,7-9H2,1H3,(H,19,20). The summed E-state index contributed by atoms with van der Waals surface area (Å²) in [7, 11) is 0. The van der Waals surface area contributed by atoms with Gasteiger partial charge in [-0.15, -0.1) is 0 Å². The summed E-state index contributed by atoms with van der Waals surface area (Å²) < 4.78 is 19.3. The van der Waals surface area contributed by atoms with Gasteiger partial charge in [0.2, 0.25) is 0 Å². The Hall–Kier alpha value is -1.95. The molecule has 1 aromatic rings. The first-order chi connectivity index (χ1) is 10.0. The van der Waals surface area contributed by atoms with Crippen molar-refractivity contribution in [1.29, 1.82) is 0 Å². The zero-order valence-electron chi connectivity index (χ0n) is 11.8. The Kier molecular flexibility index (Phi) is 4.90.